The van der Waals surface area contributed by atoms with Crippen LogP contribution < -0.4 is 5.32 Å². The van der Waals surface area contributed by atoms with Gasteiger partial charge < -0.3 is 10.4 Å². The molecule has 0 amide bonds. The number of aliphatic hydroxyl groups is 1. The first-order valence-corrected chi connectivity index (χ1v) is 4.68. The molecule has 2 N–H and O–H groups in total. The Kier molecular flexibility index (Phi) is 8.83. The van der Waals surface area contributed by atoms with Crippen molar-refractivity contribution < 1.29 is 9.50 Å². The van der Waals surface area contributed by atoms with Crippen molar-refractivity contribution in [2.24, 2.45) is 5.92 Å². The predicted molar refractivity (Wildman–Crippen MR) is 48.9 cm³/mol. The van der Waals surface area contributed by atoms with Gasteiger partial charge in [-0.3, -0.25) is 4.39 Å². The molecule has 0 radical (unpaired) electrons. The molecular weight excluding hydrogens is 157 g/mol. The fourth-order valence-corrected chi connectivity index (χ4v) is 0.984. The minimum Gasteiger partial charge on any atom is -0.396 e. The lowest BCUT2D eigenvalue weighted by Crippen LogP contribution is -2.18. The first kappa shape index (κ1) is 11.8. The summed E-state index contributed by atoms with van der Waals surface area (Å²) in [6.45, 7) is 3.76. The normalized spacial score (nSPS) is 13.2. The number of alkyl halides is 1. The maximum absolute atomic E-state index is 11.6. The maximum Gasteiger partial charge on any atom is 0.0906 e. The zero-order chi connectivity index (χ0) is 9.23. The van der Waals surface area contributed by atoms with Crippen LogP contribution in [0.25, 0.3) is 0 Å². The molecule has 74 valence electrons. The Balaban J connectivity index is 2.90. The van der Waals surface area contributed by atoms with Crippen molar-refractivity contribution in [2.75, 3.05) is 26.4 Å². The largest absolute Gasteiger partial charge is 0.396 e. The highest BCUT2D eigenvalue weighted by Gasteiger charge is 1.98. The zero-order valence-corrected chi connectivity index (χ0v) is 7.85. The van der Waals surface area contributed by atoms with Gasteiger partial charge in [-0.25, -0.2) is 0 Å². The molecule has 0 saturated carbocycles. The van der Waals surface area contributed by atoms with Gasteiger partial charge in [0.25, 0.3) is 0 Å². The van der Waals surface area contributed by atoms with E-state index in [1.54, 1.807) is 0 Å². The Morgan fingerprint density at radius 1 is 1.33 bits per heavy atom. The third-order valence-corrected chi connectivity index (χ3v) is 1.85. The van der Waals surface area contributed by atoms with Crippen LogP contribution in [0.4, 0.5) is 4.39 Å². The van der Waals surface area contributed by atoms with Crippen molar-refractivity contribution in [3.05, 3.63) is 0 Å². The highest BCUT2D eigenvalue weighted by molar-refractivity contribution is 4.53. The van der Waals surface area contributed by atoms with Crippen LogP contribution in [0.3, 0.4) is 0 Å². The first-order chi connectivity index (χ1) is 5.81. The summed E-state index contributed by atoms with van der Waals surface area (Å²) in [5.41, 5.74) is 0. The molecule has 0 aromatic heterocycles. The number of rotatable bonds is 8. The second kappa shape index (κ2) is 8.94. The van der Waals surface area contributed by atoms with Crippen molar-refractivity contribution in [2.45, 2.75) is 26.2 Å². The molecule has 0 spiro atoms. The van der Waals surface area contributed by atoms with Crippen molar-refractivity contribution in [3.8, 4) is 0 Å². The molecule has 0 heterocycles. The number of aliphatic hydroxyl groups excluding tert-OH is 1. The molecular formula is C9H20FNO. The Labute approximate surface area is 74.2 Å². The highest BCUT2D eigenvalue weighted by Crippen LogP contribution is 2.02. The standard InChI is InChI=1S/C9H20FNO/c1-9(8-12)4-2-6-11-7-3-5-10/h9,11-12H,2-8H2,1H3. The van der Waals surface area contributed by atoms with Crippen LogP contribution >= 0.6 is 0 Å². The van der Waals surface area contributed by atoms with Crippen LogP contribution in [-0.2, 0) is 0 Å². The molecule has 0 aliphatic rings. The molecule has 1 unspecified atom stereocenters. The molecule has 12 heavy (non-hydrogen) atoms. The van der Waals surface area contributed by atoms with E-state index in [1.165, 1.54) is 0 Å². The lowest BCUT2D eigenvalue weighted by atomic mass is 10.1. The van der Waals surface area contributed by atoms with Gasteiger partial charge in [-0.05, 0) is 38.3 Å². The maximum atomic E-state index is 11.6. The highest BCUT2D eigenvalue weighted by atomic mass is 19.1. The molecule has 0 bridgehead atoms. The van der Waals surface area contributed by atoms with Crippen LogP contribution in [0.15, 0.2) is 0 Å². The SMILES string of the molecule is CC(CO)CCCNCCCF. The van der Waals surface area contributed by atoms with Gasteiger partial charge >= 0.3 is 0 Å². The van der Waals surface area contributed by atoms with Crippen LogP contribution in [-0.4, -0.2) is 31.5 Å². The summed E-state index contributed by atoms with van der Waals surface area (Å²) in [6, 6.07) is 0. The van der Waals surface area contributed by atoms with Gasteiger partial charge in [-0.1, -0.05) is 6.92 Å². The van der Waals surface area contributed by atoms with Crippen molar-refractivity contribution >= 4 is 0 Å². The fraction of sp³-hybridized carbons (Fsp3) is 1.00. The summed E-state index contributed by atoms with van der Waals surface area (Å²) in [7, 11) is 0. The van der Waals surface area contributed by atoms with Crippen molar-refractivity contribution in [1.82, 2.24) is 5.32 Å². The number of hydrogen-bond donors (Lipinski definition) is 2. The first-order valence-electron chi connectivity index (χ1n) is 4.68. The van der Waals surface area contributed by atoms with Gasteiger partial charge in [0.15, 0.2) is 0 Å². The topological polar surface area (TPSA) is 32.3 Å². The van der Waals surface area contributed by atoms with Gasteiger partial charge in [-0.2, -0.15) is 0 Å². The zero-order valence-electron chi connectivity index (χ0n) is 7.85. The molecule has 1 atom stereocenters. The molecule has 2 nitrogen and oxygen atoms in total. The van der Waals surface area contributed by atoms with E-state index in [-0.39, 0.29) is 13.3 Å². The van der Waals surface area contributed by atoms with Gasteiger partial charge in [0.2, 0.25) is 0 Å². The van der Waals surface area contributed by atoms with Crippen LogP contribution in [0.2, 0.25) is 0 Å². The number of nitrogens with one attached hydrogen (secondary N) is 1. The van der Waals surface area contributed by atoms with Gasteiger partial charge in [-0.15, -0.1) is 0 Å². The summed E-state index contributed by atoms with van der Waals surface area (Å²) in [4.78, 5) is 0. The van der Waals surface area contributed by atoms with Crippen LogP contribution in [0.1, 0.15) is 26.2 Å². The van der Waals surface area contributed by atoms with Crippen LogP contribution in [0, 0.1) is 5.92 Å². The quantitative estimate of drug-likeness (QED) is 0.548. The second-order valence-electron chi connectivity index (χ2n) is 3.22. The average Bonchev–Trinajstić information content (AvgIpc) is 2.10. The lowest BCUT2D eigenvalue weighted by molar-refractivity contribution is 0.228. The Bertz CT molecular complexity index is 90.6. The number of hydrogen-bond acceptors (Lipinski definition) is 2. The van der Waals surface area contributed by atoms with E-state index in [9.17, 15) is 4.39 Å². The van der Waals surface area contributed by atoms with E-state index in [0.717, 1.165) is 25.9 Å². The van der Waals surface area contributed by atoms with E-state index in [1.807, 2.05) is 6.92 Å². The predicted octanol–water partition coefficient (Wildman–Crippen LogP) is 1.34. The molecule has 3 heteroatoms. The average molecular weight is 177 g/mol. The summed E-state index contributed by atoms with van der Waals surface area (Å²) >= 11 is 0. The van der Waals surface area contributed by atoms with Gasteiger partial charge in [0, 0.05) is 6.61 Å². The summed E-state index contributed by atoms with van der Waals surface area (Å²) in [5.74, 6) is 0.396. The minimum absolute atomic E-state index is 0.236. The van der Waals surface area contributed by atoms with E-state index < -0.39 is 0 Å². The molecule has 0 aliphatic heterocycles. The second-order valence-corrected chi connectivity index (χ2v) is 3.22. The summed E-state index contributed by atoms with van der Waals surface area (Å²) in [6.07, 6.45) is 2.71. The monoisotopic (exact) mass is 177 g/mol. The molecule has 0 rings (SSSR count). The molecule has 0 aromatic rings. The smallest absolute Gasteiger partial charge is 0.0906 e. The van der Waals surface area contributed by atoms with Gasteiger partial charge in [0.05, 0.1) is 6.67 Å². The Morgan fingerprint density at radius 2 is 2.00 bits per heavy atom. The molecule has 0 aliphatic carbocycles. The number of halogens is 1. The van der Waals surface area contributed by atoms with E-state index in [4.69, 9.17) is 5.11 Å². The fourth-order valence-electron chi connectivity index (χ4n) is 0.984. The van der Waals surface area contributed by atoms with E-state index >= 15 is 0 Å². The minimum atomic E-state index is -0.236. The Morgan fingerprint density at radius 3 is 2.58 bits per heavy atom. The van der Waals surface area contributed by atoms with Crippen molar-refractivity contribution in [3.63, 3.8) is 0 Å². The molecule has 0 saturated heterocycles. The van der Waals surface area contributed by atoms with Gasteiger partial charge in [0.1, 0.15) is 0 Å². The summed E-state index contributed by atoms with van der Waals surface area (Å²) < 4.78 is 11.6. The van der Waals surface area contributed by atoms with Crippen LogP contribution in [0.5, 0.6) is 0 Å². The lowest BCUT2D eigenvalue weighted by Gasteiger charge is -2.07. The van der Waals surface area contributed by atoms with Crippen molar-refractivity contribution in [1.29, 1.82) is 0 Å². The summed E-state index contributed by atoms with van der Waals surface area (Å²) in [5, 5.41) is 11.8. The molecule has 0 fully saturated rings. The Hall–Kier alpha value is -0.150. The molecule has 0 aromatic carbocycles. The third kappa shape index (κ3) is 7.95. The van der Waals surface area contributed by atoms with E-state index in [2.05, 4.69) is 5.32 Å². The third-order valence-electron chi connectivity index (χ3n) is 1.85. The van der Waals surface area contributed by atoms with E-state index in [0.29, 0.717) is 12.3 Å².